The Morgan fingerprint density at radius 1 is 1.30 bits per heavy atom. The van der Waals surface area contributed by atoms with Crippen LogP contribution < -0.4 is 10.1 Å². The van der Waals surface area contributed by atoms with E-state index in [-0.39, 0.29) is 29.4 Å². The Morgan fingerprint density at radius 2 is 2.07 bits per heavy atom. The van der Waals surface area contributed by atoms with Gasteiger partial charge in [0.1, 0.15) is 5.75 Å². The molecule has 6 nitrogen and oxygen atoms in total. The van der Waals surface area contributed by atoms with Gasteiger partial charge >= 0.3 is 0 Å². The molecular weight excluding hydrogens is 517 g/mol. The monoisotopic (exact) mass is 551 g/mol. The number of hydrogen-bond donors (Lipinski definition) is 1. The molecule has 1 aromatic carbocycles. The van der Waals surface area contributed by atoms with Crippen molar-refractivity contribution in [2.45, 2.75) is 31.6 Å². The molecule has 0 amide bonds. The van der Waals surface area contributed by atoms with E-state index in [4.69, 9.17) is 30.8 Å². The Hall–Kier alpha value is -0.770. The summed E-state index contributed by atoms with van der Waals surface area (Å²) in [6.07, 6.45) is 2.91. The lowest BCUT2D eigenvalue weighted by Crippen LogP contribution is -2.43. The molecule has 30 heavy (non-hydrogen) atoms. The summed E-state index contributed by atoms with van der Waals surface area (Å²) >= 11 is 6.36. The van der Waals surface area contributed by atoms with Gasteiger partial charge in [0.15, 0.2) is 5.96 Å². The number of halogens is 2. The average Bonchev–Trinajstić information content (AvgIpc) is 3.24. The molecule has 2 saturated heterocycles. The second-order valence-electron chi connectivity index (χ2n) is 8.02. The van der Waals surface area contributed by atoms with Crippen LogP contribution in [0.3, 0.4) is 0 Å². The maximum Gasteiger partial charge on any atom is 0.193 e. The minimum atomic E-state index is -0.146. The molecule has 2 aliphatic rings. The van der Waals surface area contributed by atoms with Crippen molar-refractivity contribution in [2.75, 3.05) is 60.2 Å². The first-order chi connectivity index (χ1) is 14.1. The van der Waals surface area contributed by atoms with Gasteiger partial charge in [-0.2, -0.15) is 0 Å². The van der Waals surface area contributed by atoms with E-state index >= 15 is 0 Å². The van der Waals surface area contributed by atoms with Crippen molar-refractivity contribution < 1.29 is 14.2 Å². The Balaban J connectivity index is 0.00000320. The highest BCUT2D eigenvalue weighted by molar-refractivity contribution is 14.0. The fraction of sp³-hybridized carbons (Fsp3) is 0.682. The van der Waals surface area contributed by atoms with Crippen molar-refractivity contribution >= 4 is 41.5 Å². The summed E-state index contributed by atoms with van der Waals surface area (Å²) in [5, 5.41) is 4.17. The zero-order valence-electron chi connectivity index (χ0n) is 18.3. The van der Waals surface area contributed by atoms with E-state index in [1.54, 1.807) is 7.11 Å². The van der Waals surface area contributed by atoms with E-state index in [1.807, 2.05) is 18.2 Å². The van der Waals surface area contributed by atoms with Gasteiger partial charge in [-0.15, -0.1) is 24.0 Å². The van der Waals surface area contributed by atoms with Gasteiger partial charge in [-0.25, -0.2) is 0 Å². The number of ether oxygens (including phenoxy) is 3. The molecule has 8 heteroatoms. The Kier molecular flexibility index (Phi) is 10.5. The van der Waals surface area contributed by atoms with Crippen LogP contribution in [0.15, 0.2) is 23.2 Å². The molecule has 2 fully saturated rings. The van der Waals surface area contributed by atoms with E-state index in [2.05, 4.69) is 24.2 Å². The molecule has 3 rings (SSSR count). The van der Waals surface area contributed by atoms with Gasteiger partial charge in [0.2, 0.25) is 0 Å². The molecule has 170 valence electrons. The van der Waals surface area contributed by atoms with Gasteiger partial charge in [0, 0.05) is 61.9 Å². The molecule has 0 spiro atoms. The van der Waals surface area contributed by atoms with E-state index in [0.717, 1.165) is 81.1 Å². The van der Waals surface area contributed by atoms with Gasteiger partial charge < -0.3 is 24.4 Å². The van der Waals surface area contributed by atoms with Crippen LogP contribution in [-0.4, -0.2) is 71.1 Å². The SMILES string of the molecule is CCNC(=NCC1(c2cc(Cl)ccc2OC)CCOCC1)N(C)CC1CCOC1.I. The van der Waals surface area contributed by atoms with Gasteiger partial charge in [-0.1, -0.05) is 11.6 Å². The van der Waals surface area contributed by atoms with E-state index in [1.165, 1.54) is 0 Å². The van der Waals surface area contributed by atoms with Crippen LogP contribution in [0.2, 0.25) is 5.02 Å². The average molecular weight is 552 g/mol. The predicted octanol–water partition coefficient (Wildman–Crippen LogP) is 3.95. The maximum absolute atomic E-state index is 6.36. The van der Waals surface area contributed by atoms with Crippen LogP contribution in [0.4, 0.5) is 0 Å². The minimum absolute atomic E-state index is 0. The third kappa shape index (κ3) is 6.37. The van der Waals surface area contributed by atoms with Gasteiger partial charge in [0.25, 0.3) is 0 Å². The normalized spacial score (nSPS) is 21.1. The van der Waals surface area contributed by atoms with Crippen molar-refractivity contribution in [3.05, 3.63) is 28.8 Å². The summed E-state index contributed by atoms with van der Waals surface area (Å²) in [5.74, 6) is 2.37. The molecule has 0 aromatic heterocycles. The first kappa shape index (κ1) is 25.5. The van der Waals surface area contributed by atoms with Gasteiger partial charge in [-0.05, 0) is 44.4 Å². The second-order valence-corrected chi connectivity index (χ2v) is 8.45. The molecule has 1 unspecified atom stereocenters. The number of methoxy groups -OCH3 is 1. The summed E-state index contributed by atoms with van der Waals surface area (Å²) in [7, 11) is 3.82. The summed E-state index contributed by atoms with van der Waals surface area (Å²) in [5.41, 5.74) is 0.981. The number of nitrogens with zero attached hydrogens (tertiary/aromatic N) is 2. The number of nitrogens with one attached hydrogen (secondary N) is 1. The van der Waals surface area contributed by atoms with Crippen LogP contribution in [0.25, 0.3) is 0 Å². The van der Waals surface area contributed by atoms with E-state index in [9.17, 15) is 0 Å². The molecule has 1 N–H and O–H groups in total. The highest BCUT2D eigenvalue weighted by Gasteiger charge is 2.37. The Bertz CT molecular complexity index is 692. The molecule has 1 atom stereocenters. The number of guanidine groups is 1. The second kappa shape index (κ2) is 12.3. The molecule has 2 aliphatic heterocycles. The number of benzene rings is 1. The van der Waals surface area contributed by atoms with Crippen LogP contribution in [0, 0.1) is 5.92 Å². The third-order valence-electron chi connectivity index (χ3n) is 5.97. The molecular formula is C22H35ClIN3O3. The minimum Gasteiger partial charge on any atom is -0.496 e. The van der Waals surface area contributed by atoms with Crippen LogP contribution in [0.1, 0.15) is 31.7 Å². The fourth-order valence-electron chi connectivity index (χ4n) is 4.27. The zero-order valence-corrected chi connectivity index (χ0v) is 21.4. The van der Waals surface area contributed by atoms with E-state index < -0.39 is 0 Å². The lowest BCUT2D eigenvalue weighted by molar-refractivity contribution is 0.0522. The molecule has 0 saturated carbocycles. The lowest BCUT2D eigenvalue weighted by Gasteiger charge is -2.38. The molecule has 2 heterocycles. The first-order valence-electron chi connectivity index (χ1n) is 10.6. The Morgan fingerprint density at radius 3 is 2.70 bits per heavy atom. The number of aliphatic imine (C=N–C) groups is 1. The van der Waals surface area contributed by atoms with Crippen LogP contribution in [-0.2, 0) is 14.9 Å². The summed E-state index contributed by atoms with van der Waals surface area (Å²) in [4.78, 5) is 7.30. The molecule has 0 bridgehead atoms. The first-order valence-corrected chi connectivity index (χ1v) is 10.9. The molecule has 0 aliphatic carbocycles. The largest absolute Gasteiger partial charge is 0.496 e. The van der Waals surface area contributed by atoms with Crippen molar-refractivity contribution in [1.82, 2.24) is 10.2 Å². The third-order valence-corrected chi connectivity index (χ3v) is 6.20. The quantitative estimate of drug-likeness (QED) is 0.316. The summed E-state index contributed by atoms with van der Waals surface area (Å²) < 4.78 is 16.9. The molecule has 0 radical (unpaired) electrons. The van der Waals surface area contributed by atoms with E-state index in [0.29, 0.717) is 12.5 Å². The summed E-state index contributed by atoms with van der Waals surface area (Å²) in [6, 6.07) is 5.87. The van der Waals surface area contributed by atoms with Crippen molar-refractivity contribution in [1.29, 1.82) is 0 Å². The molecule has 1 aromatic rings. The number of hydrogen-bond acceptors (Lipinski definition) is 4. The lowest BCUT2D eigenvalue weighted by atomic mass is 9.73. The van der Waals surface area contributed by atoms with Crippen molar-refractivity contribution in [3.63, 3.8) is 0 Å². The van der Waals surface area contributed by atoms with Crippen molar-refractivity contribution in [3.8, 4) is 5.75 Å². The maximum atomic E-state index is 6.36. The predicted molar refractivity (Wildman–Crippen MR) is 133 cm³/mol. The highest BCUT2D eigenvalue weighted by Crippen LogP contribution is 2.41. The fourth-order valence-corrected chi connectivity index (χ4v) is 4.44. The van der Waals surface area contributed by atoms with Crippen molar-refractivity contribution in [2.24, 2.45) is 10.9 Å². The van der Waals surface area contributed by atoms with Crippen LogP contribution >= 0.6 is 35.6 Å². The standard InChI is InChI=1S/C22H34ClN3O3.HI/c1-4-24-21(26(2)14-17-7-10-29-15-17)25-16-22(8-11-28-12-9-22)19-13-18(23)5-6-20(19)27-3;/h5-6,13,17H,4,7-12,14-16H2,1-3H3,(H,24,25);1H. The zero-order chi connectivity index (χ0) is 20.7. The smallest absolute Gasteiger partial charge is 0.193 e. The Labute approximate surface area is 202 Å². The topological polar surface area (TPSA) is 55.3 Å². The number of rotatable bonds is 7. The summed E-state index contributed by atoms with van der Waals surface area (Å²) in [6.45, 7) is 7.69. The van der Waals surface area contributed by atoms with Gasteiger partial charge in [0.05, 0.1) is 20.3 Å². The van der Waals surface area contributed by atoms with Crippen LogP contribution in [0.5, 0.6) is 5.75 Å². The van der Waals surface area contributed by atoms with Gasteiger partial charge in [-0.3, -0.25) is 4.99 Å². The highest BCUT2D eigenvalue weighted by atomic mass is 127.